The van der Waals surface area contributed by atoms with Gasteiger partial charge in [0, 0.05) is 25.1 Å². The predicted molar refractivity (Wildman–Crippen MR) is 138 cm³/mol. The highest BCUT2D eigenvalue weighted by Crippen LogP contribution is 2.31. The van der Waals surface area contributed by atoms with E-state index in [0.717, 1.165) is 31.4 Å². The van der Waals surface area contributed by atoms with Crippen LogP contribution in [-0.2, 0) is 10.0 Å². The lowest BCUT2D eigenvalue weighted by Crippen LogP contribution is -2.16. The first kappa shape index (κ1) is 24.3. The van der Waals surface area contributed by atoms with E-state index in [1.54, 1.807) is 22.8 Å². The number of aromatic nitrogens is 4. The Kier molecular flexibility index (Phi) is 6.64. The largest absolute Gasteiger partial charge is 0.480 e. The van der Waals surface area contributed by atoms with Gasteiger partial charge in [-0.05, 0) is 55.0 Å². The molecule has 0 aliphatic heterocycles. The van der Waals surface area contributed by atoms with E-state index in [-0.39, 0.29) is 17.5 Å². The zero-order valence-electron chi connectivity index (χ0n) is 21.7. The van der Waals surface area contributed by atoms with Crippen LogP contribution >= 0.6 is 0 Å². The van der Waals surface area contributed by atoms with Crippen LogP contribution in [0.3, 0.4) is 0 Å². The van der Waals surface area contributed by atoms with Gasteiger partial charge in [0.05, 0.1) is 19.0 Å². The van der Waals surface area contributed by atoms with Gasteiger partial charge in [-0.25, -0.2) is 31.7 Å². The van der Waals surface area contributed by atoms with Crippen molar-refractivity contribution in [3.8, 4) is 29.0 Å². The fraction of sp³-hybridized carbons (Fsp3) is 0.296. The van der Waals surface area contributed by atoms with Crippen LogP contribution in [0.2, 0.25) is 0 Å². The average Bonchev–Trinajstić information content (AvgIpc) is 3.28. The Labute approximate surface area is 220 Å². The number of imidazole rings is 1. The van der Waals surface area contributed by atoms with Crippen LogP contribution in [-0.4, -0.2) is 35.1 Å². The third-order valence-electron chi connectivity index (χ3n) is 6.29. The fourth-order valence-electron chi connectivity index (χ4n) is 4.41. The molecule has 1 fully saturated rings. The van der Waals surface area contributed by atoms with E-state index in [4.69, 9.17) is 6.11 Å². The van der Waals surface area contributed by atoms with E-state index in [2.05, 4.69) is 31.6 Å². The molecule has 1 aromatic carbocycles. The molecule has 4 aromatic rings. The molecular weight excluding hydrogens is 512 g/mol. The number of benzene rings is 1. The van der Waals surface area contributed by atoms with Crippen molar-refractivity contribution in [1.82, 2.24) is 19.6 Å². The number of halogens is 2. The topological polar surface area (TPSA) is 98.5 Å². The summed E-state index contributed by atoms with van der Waals surface area (Å²) < 4.78 is 70.6. The first-order valence-corrected chi connectivity index (χ1v) is 13.4. The van der Waals surface area contributed by atoms with Gasteiger partial charge in [0.1, 0.15) is 27.9 Å². The number of nitrogens with one attached hydrogen (secondary N) is 1. The Balaban J connectivity index is 1.47. The summed E-state index contributed by atoms with van der Waals surface area (Å²) >= 11 is 0. The lowest BCUT2D eigenvalue weighted by atomic mass is 9.83. The summed E-state index contributed by atoms with van der Waals surface area (Å²) in [4.78, 5) is 7.81. The third kappa shape index (κ3) is 5.31. The first-order valence-electron chi connectivity index (χ1n) is 12.4. The number of sulfonamides is 1. The summed E-state index contributed by atoms with van der Waals surface area (Å²) in [5.41, 5.74) is 2.00. The molecular formula is C27H25F2N5O3S. The zero-order chi connectivity index (χ0) is 27.8. The molecule has 0 bridgehead atoms. The molecule has 5 rings (SSSR count). The van der Waals surface area contributed by atoms with Crippen molar-refractivity contribution < 1.29 is 23.3 Å². The van der Waals surface area contributed by atoms with Crippen LogP contribution in [0.1, 0.15) is 39.7 Å². The number of methoxy groups -OCH3 is 1. The maximum absolute atomic E-state index is 14.2. The van der Waals surface area contributed by atoms with Crippen LogP contribution in [0.15, 0.2) is 53.7 Å². The van der Waals surface area contributed by atoms with Crippen molar-refractivity contribution >= 4 is 21.4 Å². The van der Waals surface area contributed by atoms with Gasteiger partial charge in [-0.1, -0.05) is 25.7 Å². The normalized spacial score (nSPS) is 19.9. The monoisotopic (exact) mass is 538 g/mol. The summed E-state index contributed by atoms with van der Waals surface area (Å²) in [6, 6.07) is 7.09. The van der Waals surface area contributed by atoms with Crippen LogP contribution in [0.4, 0.5) is 14.5 Å². The number of hydrogen-bond donors (Lipinski definition) is 1. The van der Waals surface area contributed by atoms with Crippen LogP contribution < -0.4 is 9.46 Å². The summed E-state index contributed by atoms with van der Waals surface area (Å²) in [5.74, 6) is 3.92. The lowest BCUT2D eigenvalue weighted by molar-refractivity contribution is 0.333. The van der Waals surface area contributed by atoms with Gasteiger partial charge in [-0.3, -0.25) is 4.72 Å². The van der Waals surface area contributed by atoms with Crippen molar-refractivity contribution in [2.75, 3.05) is 11.8 Å². The molecule has 8 nitrogen and oxygen atoms in total. The van der Waals surface area contributed by atoms with E-state index < -0.39 is 32.4 Å². The predicted octanol–water partition coefficient (Wildman–Crippen LogP) is 5.06. The highest BCUT2D eigenvalue weighted by molar-refractivity contribution is 7.92. The number of pyridine rings is 1. The maximum Gasteiger partial charge on any atom is 0.264 e. The smallest absolute Gasteiger partial charge is 0.264 e. The maximum atomic E-state index is 14.2. The van der Waals surface area contributed by atoms with Crippen molar-refractivity contribution in [1.29, 1.82) is 0 Å². The number of nitrogens with zero attached hydrogens (tertiary/aromatic N) is 4. The van der Waals surface area contributed by atoms with Crippen molar-refractivity contribution in [3.63, 3.8) is 0 Å². The summed E-state index contributed by atoms with van der Waals surface area (Å²) in [5, 5.41) is 4.63. The average molecular weight is 539 g/mol. The van der Waals surface area contributed by atoms with Gasteiger partial charge in [0.2, 0.25) is 5.88 Å². The van der Waals surface area contributed by atoms with Crippen LogP contribution in [0.25, 0.3) is 16.9 Å². The molecule has 1 N–H and O–H groups in total. The van der Waals surface area contributed by atoms with Gasteiger partial charge in [-0.15, -0.1) is 0 Å². The molecule has 38 heavy (non-hydrogen) atoms. The van der Waals surface area contributed by atoms with Gasteiger partial charge >= 0.3 is 0 Å². The number of ether oxygens (including phenoxy) is 1. The Morgan fingerprint density at radius 3 is 2.76 bits per heavy atom. The molecule has 1 aliphatic rings. The van der Waals surface area contributed by atoms with Crippen molar-refractivity contribution in [3.05, 3.63) is 66.1 Å². The second kappa shape index (κ2) is 10.4. The van der Waals surface area contributed by atoms with E-state index in [0.29, 0.717) is 35.1 Å². The van der Waals surface area contributed by atoms with Gasteiger partial charge in [0.25, 0.3) is 10.0 Å². The van der Waals surface area contributed by atoms with E-state index >= 15 is 0 Å². The minimum Gasteiger partial charge on any atom is -0.480 e. The quantitative estimate of drug-likeness (QED) is 0.357. The van der Waals surface area contributed by atoms with Crippen LogP contribution in [0, 0.1) is 35.3 Å². The molecule has 196 valence electrons. The minimum atomic E-state index is -4.43. The first-order chi connectivity index (χ1) is 18.5. The van der Waals surface area contributed by atoms with Crippen molar-refractivity contribution in [2.45, 2.75) is 37.5 Å². The summed E-state index contributed by atoms with van der Waals surface area (Å²) in [6.45, 7) is 1.94. The molecule has 0 spiro atoms. The molecule has 0 saturated heterocycles. The van der Waals surface area contributed by atoms with E-state index in [1.165, 1.54) is 19.4 Å². The molecule has 0 radical (unpaired) electrons. The Morgan fingerprint density at radius 2 is 2.00 bits per heavy atom. The van der Waals surface area contributed by atoms with Crippen LogP contribution in [0.5, 0.6) is 5.88 Å². The molecule has 1 saturated carbocycles. The van der Waals surface area contributed by atoms with Gasteiger partial charge in [-0.2, -0.15) is 5.10 Å². The Bertz CT molecular complexity index is 1730. The number of hydrogen-bond acceptors (Lipinski definition) is 6. The lowest BCUT2D eigenvalue weighted by Gasteiger charge is -2.22. The molecule has 1 aliphatic carbocycles. The number of fused-ring (bicyclic) bond motifs is 1. The molecule has 0 amide bonds. The highest BCUT2D eigenvalue weighted by Gasteiger charge is 2.22. The van der Waals surface area contributed by atoms with Gasteiger partial charge in [0.15, 0.2) is 5.65 Å². The Hall–Kier alpha value is -4.04. The summed E-state index contributed by atoms with van der Waals surface area (Å²) in [6.07, 6.45) is 6.60. The molecule has 2 atom stereocenters. The Morgan fingerprint density at radius 1 is 1.16 bits per heavy atom. The SMILES string of the molecule is [2H]C1(C)CCCC(C#Cc2cnc3ccc(-c4cnc(OC)c(NS(=O)(=O)c5ccc(F)cc5F)c4)nn23)C1. The van der Waals surface area contributed by atoms with E-state index in [1.807, 2.05) is 6.92 Å². The molecule has 2 unspecified atom stereocenters. The minimum absolute atomic E-state index is 0.0472. The molecule has 3 heterocycles. The fourth-order valence-corrected chi connectivity index (χ4v) is 5.52. The standard InChI is InChI=1S/C27H25F2N5O3S/c1-17-4-3-5-18(12-17)6-8-21-16-30-26-11-9-23(32-34(21)26)19-13-24(27(37-2)31-15-19)33-38(35,36)25-10-7-20(28)14-22(25)29/h7,9-11,13-18,33H,3-5,12H2,1-2H3/i17D. The summed E-state index contributed by atoms with van der Waals surface area (Å²) in [7, 11) is -3.12. The molecule has 3 aromatic heterocycles. The van der Waals surface area contributed by atoms with Gasteiger partial charge < -0.3 is 4.74 Å². The second-order valence-corrected chi connectivity index (χ2v) is 10.8. The zero-order valence-corrected chi connectivity index (χ0v) is 21.5. The molecule has 11 heteroatoms. The highest BCUT2D eigenvalue weighted by atomic mass is 32.2. The third-order valence-corrected chi connectivity index (χ3v) is 7.68. The number of anilines is 1. The van der Waals surface area contributed by atoms with Crippen molar-refractivity contribution in [2.24, 2.45) is 11.8 Å². The number of rotatable bonds is 5. The second-order valence-electron chi connectivity index (χ2n) is 9.11. The van der Waals surface area contributed by atoms with E-state index in [9.17, 15) is 17.2 Å².